The maximum absolute atomic E-state index is 11.9. The van der Waals surface area contributed by atoms with Crippen molar-refractivity contribution >= 4 is 40.5 Å². The summed E-state index contributed by atoms with van der Waals surface area (Å²) in [4.78, 5) is 24.3. The van der Waals surface area contributed by atoms with E-state index in [0.717, 1.165) is 44.0 Å². The highest BCUT2D eigenvalue weighted by atomic mass is 16.5. The Bertz CT molecular complexity index is 1170. The number of fused-ring (bicyclic) bond motifs is 8. The van der Waals surface area contributed by atoms with Gasteiger partial charge in [0.1, 0.15) is 5.69 Å². The summed E-state index contributed by atoms with van der Waals surface area (Å²) >= 11 is 0. The van der Waals surface area contributed by atoms with Crippen molar-refractivity contribution in [3.8, 4) is 11.1 Å². The Morgan fingerprint density at radius 1 is 1.26 bits per heavy atom. The SMILES string of the molecule is COC(=O)c1cc2c3c(c4c(c2[nH]1)-c1ccccc1N=4)=CC=N3. The van der Waals surface area contributed by atoms with E-state index in [1.54, 1.807) is 12.3 Å². The van der Waals surface area contributed by atoms with Crippen LogP contribution in [-0.4, -0.2) is 24.3 Å². The maximum atomic E-state index is 11.9. The van der Waals surface area contributed by atoms with Crippen LogP contribution in [0.25, 0.3) is 28.1 Å². The number of para-hydroxylation sites is 1. The summed E-state index contributed by atoms with van der Waals surface area (Å²) in [6, 6.07) is 9.81. The molecular weight excluding hydrogens is 290 g/mol. The Kier molecular flexibility index (Phi) is 2.24. The molecule has 0 fully saturated rings. The summed E-state index contributed by atoms with van der Waals surface area (Å²) in [7, 11) is 1.37. The van der Waals surface area contributed by atoms with Gasteiger partial charge in [0.05, 0.1) is 29.4 Å². The second-order valence-corrected chi connectivity index (χ2v) is 5.52. The molecule has 3 aromatic rings. The number of aromatic amines is 1. The topological polar surface area (TPSA) is 66.8 Å². The summed E-state index contributed by atoms with van der Waals surface area (Å²) < 4.78 is 4.83. The fraction of sp³-hybridized carbons (Fsp3) is 0.0556. The minimum absolute atomic E-state index is 0.391. The average molecular weight is 301 g/mol. The molecule has 1 N–H and O–H groups in total. The first-order valence-corrected chi connectivity index (χ1v) is 7.27. The molecule has 5 heteroatoms. The van der Waals surface area contributed by atoms with Gasteiger partial charge in [-0.05, 0) is 18.2 Å². The number of carbonyl (C=O) groups excluding carboxylic acids is 1. The van der Waals surface area contributed by atoms with Crippen molar-refractivity contribution in [2.75, 3.05) is 7.11 Å². The van der Waals surface area contributed by atoms with Gasteiger partial charge in [0.25, 0.3) is 0 Å². The van der Waals surface area contributed by atoms with Crippen molar-refractivity contribution in [1.82, 2.24) is 4.98 Å². The molecule has 0 atom stereocenters. The lowest BCUT2D eigenvalue weighted by Crippen LogP contribution is -2.24. The van der Waals surface area contributed by atoms with E-state index in [9.17, 15) is 4.79 Å². The van der Waals surface area contributed by atoms with E-state index in [1.165, 1.54) is 7.11 Å². The van der Waals surface area contributed by atoms with E-state index in [4.69, 9.17) is 9.73 Å². The fourth-order valence-electron chi connectivity index (χ4n) is 3.33. The third-order valence-corrected chi connectivity index (χ3v) is 4.33. The molecule has 23 heavy (non-hydrogen) atoms. The molecule has 2 aromatic carbocycles. The number of aromatic nitrogens is 1. The number of esters is 1. The van der Waals surface area contributed by atoms with Crippen LogP contribution in [0.1, 0.15) is 10.5 Å². The number of methoxy groups -OCH3 is 1. The van der Waals surface area contributed by atoms with Gasteiger partial charge in [0.2, 0.25) is 0 Å². The minimum atomic E-state index is -0.391. The van der Waals surface area contributed by atoms with Crippen LogP contribution >= 0.6 is 0 Å². The fourth-order valence-corrected chi connectivity index (χ4v) is 3.33. The molecule has 0 radical (unpaired) electrons. The molecule has 0 saturated carbocycles. The highest BCUT2D eigenvalue weighted by molar-refractivity contribution is 6.11. The molecular formula is C18H11N3O2. The van der Waals surface area contributed by atoms with Gasteiger partial charge in [-0.25, -0.2) is 9.79 Å². The van der Waals surface area contributed by atoms with E-state index < -0.39 is 5.97 Å². The van der Waals surface area contributed by atoms with Gasteiger partial charge in [-0.3, -0.25) is 4.99 Å². The molecule has 0 unspecified atom stereocenters. The Hall–Kier alpha value is -3.21. The molecule has 5 nitrogen and oxygen atoms in total. The normalized spacial score (nSPS) is 13.3. The predicted octanol–water partition coefficient (Wildman–Crippen LogP) is 2.38. The van der Waals surface area contributed by atoms with E-state index >= 15 is 0 Å². The number of rotatable bonds is 1. The number of H-pyrrole nitrogens is 1. The van der Waals surface area contributed by atoms with Gasteiger partial charge >= 0.3 is 5.97 Å². The molecule has 0 bridgehead atoms. The van der Waals surface area contributed by atoms with Crippen LogP contribution in [0.4, 0.5) is 11.4 Å². The quantitative estimate of drug-likeness (QED) is 0.549. The predicted molar refractivity (Wildman–Crippen MR) is 88.1 cm³/mol. The second kappa shape index (κ2) is 4.16. The van der Waals surface area contributed by atoms with Crippen molar-refractivity contribution in [3.05, 3.63) is 46.6 Å². The summed E-state index contributed by atoms with van der Waals surface area (Å²) in [6.45, 7) is 0. The van der Waals surface area contributed by atoms with Crippen LogP contribution in [0.2, 0.25) is 0 Å². The summed E-state index contributed by atoms with van der Waals surface area (Å²) in [6.07, 6.45) is 3.74. The standard InChI is InChI=1S/C18H11N3O2/c1-23-18(22)13-8-11-15-10(6-7-19-15)16-14(17(11)21-13)9-4-2-3-5-12(9)20-16/h2-8,21H,1H3. The summed E-state index contributed by atoms with van der Waals surface area (Å²) in [5.74, 6) is -0.391. The average Bonchev–Trinajstić information content (AvgIpc) is 3.27. The molecule has 110 valence electrons. The third kappa shape index (κ3) is 1.48. The van der Waals surface area contributed by atoms with Gasteiger partial charge in [-0.1, -0.05) is 18.2 Å². The lowest BCUT2D eigenvalue weighted by atomic mass is 10.0. The van der Waals surface area contributed by atoms with E-state index in [1.807, 2.05) is 30.3 Å². The number of carbonyl (C=O) groups is 1. The molecule has 5 rings (SSSR count). The Morgan fingerprint density at radius 3 is 3.00 bits per heavy atom. The molecule has 0 amide bonds. The number of ether oxygens (including phenoxy) is 1. The zero-order valence-electron chi connectivity index (χ0n) is 12.3. The highest BCUT2D eigenvalue weighted by Crippen LogP contribution is 2.38. The lowest BCUT2D eigenvalue weighted by Gasteiger charge is -2.03. The highest BCUT2D eigenvalue weighted by Gasteiger charge is 2.24. The largest absolute Gasteiger partial charge is 0.464 e. The maximum Gasteiger partial charge on any atom is 0.354 e. The first kappa shape index (κ1) is 12.3. The molecule has 0 spiro atoms. The monoisotopic (exact) mass is 301 g/mol. The van der Waals surface area contributed by atoms with Crippen molar-refractivity contribution in [1.29, 1.82) is 0 Å². The lowest BCUT2D eigenvalue weighted by molar-refractivity contribution is 0.0595. The van der Waals surface area contributed by atoms with Gasteiger partial charge < -0.3 is 9.72 Å². The first-order valence-electron chi connectivity index (χ1n) is 7.27. The van der Waals surface area contributed by atoms with Crippen LogP contribution < -0.4 is 10.6 Å². The summed E-state index contributed by atoms with van der Waals surface area (Å²) in [5.41, 5.74) is 5.17. The van der Waals surface area contributed by atoms with Gasteiger partial charge in [-0.15, -0.1) is 0 Å². The molecule has 0 aliphatic carbocycles. The summed E-state index contributed by atoms with van der Waals surface area (Å²) in [5, 5.41) is 2.82. The molecule has 2 aliphatic rings. The number of hydrogen-bond donors (Lipinski definition) is 1. The zero-order chi connectivity index (χ0) is 15.6. The van der Waals surface area contributed by atoms with Gasteiger partial charge in [0, 0.05) is 27.9 Å². The first-order chi connectivity index (χ1) is 11.3. The van der Waals surface area contributed by atoms with E-state index in [0.29, 0.717) is 5.69 Å². The van der Waals surface area contributed by atoms with Gasteiger partial charge in [0.15, 0.2) is 0 Å². The van der Waals surface area contributed by atoms with Crippen LogP contribution in [0.5, 0.6) is 0 Å². The van der Waals surface area contributed by atoms with Gasteiger partial charge in [-0.2, -0.15) is 0 Å². The molecule has 1 aromatic heterocycles. The Balaban J connectivity index is 1.99. The van der Waals surface area contributed by atoms with Crippen LogP contribution in [-0.2, 0) is 4.74 Å². The molecule has 0 saturated heterocycles. The number of hydrogen-bond acceptors (Lipinski definition) is 4. The zero-order valence-corrected chi connectivity index (χ0v) is 12.3. The van der Waals surface area contributed by atoms with Crippen molar-refractivity contribution in [2.24, 2.45) is 9.98 Å². The van der Waals surface area contributed by atoms with Crippen LogP contribution in [0, 0.1) is 0 Å². The third-order valence-electron chi connectivity index (χ3n) is 4.33. The molecule has 3 heterocycles. The van der Waals surface area contributed by atoms with Crippen LogP contribution in [0.15, 0.2) is 40.3 Å². The Morgan fingerprint density at radius 2 is 2.13 bits per heavy atom. The Labute approximate surface area is 130 Å². The second-order valence-electron chi connectivity index (χ2n) is 5.52. The van der Waals surface area contributed by atoms with Crippen molar-refractivity contribution in [2.45, 2.75) is 0 Å². The van der Waals surface area contributed by atoms with Crippen molar-refractivity contribution in [3.63, 3.8) is 0 Å². The number of benzene rings is 2. The van der Waals surface area contributed by atoms with Crippen molar-refractivity contribution < 1.29 is 9.53 Å². The number of nitrogens with one attached hydrogen (secondary N) is 1. The van der Waals surface area contributed by atoms with E-state index in [-0.39, 0.29) is 0 Å². The van der Waals surface area contributed by atoms with Crippen LogP contribution in [0.3, 0.4) is 0 Å². The minimum Gasteiger partial charge on any atom is -0.464 e. The number of aliphatic imine (C=N–C) groups is 1. The number of nitrogens with zero attached hydrogens (tertiary/aromatic N) is 2. The van der Waals surface area contributed by atoms with E-state index in [2.05, 4.69) is 9.98 Å². The smallest absolute Gasteiger partial charge is 0.354 e. The molecule has 2 aliphatic heterocycles.